The number of rotatable bonds is 13. The Morgan fingerprint density at radius 1 is 1.03 bits per heavy atom. The van der Waals surface area contributed by atoms with Crippen LogP contribution in [0.15, 0.2) is 48.5 Å². The molecule has 210 valence electrons. The average molecular weight is 535 g/mol. The third-order valence-corrected chi connectivity index (χ3v) is 7.54. The molecule has 5 nitrogen and oxygen atoms in total. The number of unbranched alkanes of at least 4 members (excludes halogenated alkanes) is 1. The van der Waals surface area contributed by atoms with Gasteiger partial charge in [0.05, 0.1) is 5.56 Å². The molecular formula is C30H41F3N2O3. The topological polar surface area (TPSA) is 70.6 Å². The van der Waals surface area contributed by atoms with Crippen LogP contribution in [0.1, 0.15) is 84.8 Å². The smallest absolute Gasteiger partial charge is 0.385 e. The number of methoxy groups -OCH3 is 1. The molecule has 2 aromatic rings. The minimum absolute atomic E-state index is 0.0318. The van der Waals surface area contributed by atoms with Crippen LogP contribution in [0.25, 0.3) is 0 Å². The van der Waals surface area contributed by atoms with E-state index in [-0.39, 0.29) is 23.9 Å². The molecule has 1 aliphatic carbocycles. The van der Waals surface area contributed by atoms with Gasteiger partial charge in [0, 0.05) is 31.9 Å². The first-order valence-electron chi connectivity index (χ1n) is 13.6. The van der Waals surface area contributed by atoms with Gasteiger partial charge in [0.15, 0.2) is 0 Å². The van der Waals surface area contributed by atoms with Gasteiger partial charge in [-0.25, -0.2) is 0 Å². The molecule has 1 amide bonds. The third-order valence-electron chi connectivity index (χ3n) is 7.54. The molecular weight excluding hydrogens is 493 g/mol. The van der Waals surface area contributed by atoms with E-state index in [0.717, 1.165) is 18.6 Å². The van der Waals surface area contributed by atoms with E-state index in [1.165, 1.54) is 44.2 Å². The van der Waals surface area contributed by atoms with Crippen molar-refractivity contribution >= 4 is 5.91 Å². The van der Waals surface area contributed by atoms with Crippen molar-refractivity contribution < 1.29 is 27.8 Å². The zero-order valence-corrected chi connectivity index (χ0v) is 22.4. The highest BCUT2D eigenvalue weighted by atomic mass is 19.4. The number of hydrogen-bond acceptors (Lipinski definition) is 4. The summed E-state index contributed by atoms with van der Waals surface area (Å²) >= 11 is 0. The molecule has 38 heavy (non-hydrogen) atoms. The predicted molar refractivity (Wildman–Crippen MR) is 143 cm³/mol. The van der Waals surface area contributed by atoms with Crippen molar-refractivity contribution in [1.29, 1.82) is 0 Å². The maximum Gasteiger partial charge on any atom is 0.416 e. The molecule has 0 heterocycles. The van der Waals surface area contributed by atoms with Crippen LogP contribution in [-0.4, -0.2) is 44.4 Å². The maximum absolute atomic E-state index is 13.5. The molecule has 0 radical (unpaired) electrons. The second-order valence-corrected chi connectivity index (χ2v) is 10.4. The molecule has 2 aromatic carbocycles. The molecule has 8 heteroatoms. The van der Waals surface area contributed by atoms with E-state index in [9.17, 15) is 23.1 Å². The lowest BCUT2D eigenvalue weighted by Crippen LogP contribution is -2.42. The van der Waals surface area contributed by atoms with E-state index >= 15 is 0 Å². The van der Waals surface area contributed by atoms with Crippen LogP contribution in [0.3, 0.4) is 0 Å². The Morgan fingerprint density at radius 2 is 1.68 bits per heavy atom. The van der Waals surface area contributed by atoms with Crippen LogP contribution in [0.2, 0.25) is 0 Å². The van der Waals surface area contributed by atoms with Crippen molar-refractivity contribution in [3.05, 3.63) is 70.8 Å². The number of carbonyl (C=O) groups excluding carboxylic acids is 1. The summed E-state index contributed by atoms with van der Waals surface area (Å²) in [6.45, 7) is 1.13. The number of hydrogen-bond donors (Lipinski definition) is 3. The van der Waals surface area contributed by atoms with Crippen molar-refractivity contribution in [2.45, 2.75) is 75.6 Å². The molecule has 0 spiro atoms. The van der Waals surface area contributed by atoms with Crippen molar-refractivity contribution in [3.63, 3.8) is 0 Å². The molecule has 0 bridgehead atoms. The zero-order valence-electron chi connectivity index (χ0n) is 22.4. The number of halogens is 3. The van der Waals surface area contributed by atoms with Gasteiger partial charge in [-0.1, -0.05) is 56.4 Å². The van der Waals surface area contributed by atoms with E-state index in [2.05, 4.69) is 10.6 Å². The van der Waals surface area contributed by atoms with Gasteiger partial charge in [-0.05, 0) is 74.0 Å². The fraction of sp³-hybridized carbons (Fsp3) is 0.567. The van der Waals surface area contributed by atoms with Gasteiger partial charge in [0.2, 0.25) is 0 Å². The van der Waals surface area contributed by atoms with Crippen molar-refractivity contribution in [3.8, 4) is 0 Å². The Kier molecular flexibility index (Phi) is 11.2. The fourth-order valence-corrected chi connectivity index (χ4v) is 5.49. The minimum atomic E-state index is -4.53. The number of amides is 1. The summed E-state index contributed by atoms with van der Waals surface area (Å²) < 4.78 is 45.5. The number of aliphatic hydroxyl groups is 1. The van der Waals surface area contributed by atoms with Crippen molar-refractivity contribution in [2.24, 2.45) is 5.92 Å². The third kappa shape index (κ3) is 8.29. The van der Waals surface area contributed by atoms with Crippen molar-refractivity contribution in [2.75, 3.05) is 27.3 Å². The molecule has 1 aliphatic rings. The first-order valence-corrected chi connectivity index (χ1v) is 13.6. The minimum Gasteiger partial charge on any atom is -0.385 e. The van der Waals surface area contributed by atoms with Gasteiger partial charge in [-0.2, -0.15) is 13.2 Å². The first-order chi connectivity index (χ1) is 18.2. The zero-order chi connectivity index (χ0) is 27.6. The first kappa shape index (κ1) is 30.1. The summed E-state index contributed by atoms with van der Waals surface area (Å²) in [6, 6.07) is 11.4. The summed E-state index contributed by atoms with van der Waals surface area (Å²) in [7, 11) is 3.44. The number of likely N-dealkylation sites (N-methyl/N-ethyl adjacent to an activating group) is 1. The molecule has 2 atom stereocenters. The van der Waals surface area contributed by atoms with Gasteiger partial charge in [0.25, 0.3) is 5.91 Å². The summed E-state index contributed by atoms with van der Waals surface area (Å²) in [4.78, 5) is 13.3. The second kappa shape index (κ2) is 14.1. The highest BCUT2D eigenvalue weighted by Gasteiger charge is 2.36. The van der Waals surface area contributed by atoms with E-state index in [1.54, 1.807) is 31.4 Å². The molecule has 0 aromatic heterocycles. The van der Waals surface area contributed by atoms with Gasteiger partial charge in [0.1, 0.15) is 5.60 Å². The Hall–Kier alpha value is -2.42. The van der Waals surface area contributed by atoms with E-state index in [0.29, 0.717) is 43.0 Å². The Labute approximate surface area is 224 Å². The van der Waals surface area contributed by atoms with Crippen molar-refractivity contribution in [1.82, 2.24) is 10.6 Å². The van der Waals surface area contributed by atoms with Gasteiger partial charge >= 0.3 is 6.18 Å². The number of alkyl halides is 3. The molecule has 1 fully saturated rings. The molecule has 3 N–H and O–H groups in total. The monoisotopic (exact) mass is 534 g/mol. The van der Waals surface area contributed by atoms with Crippen LogP contribution in [0.5, 0.6) is 0 Å². The summed E-state index contributed by atoms with van der Waals surface area (Å²) in [6.07, 6.45) is 3.82. The Morgan fingerprint density at radius 3 is 2.34 bits per heavy atom. The van der Waals surface area contributed by atoms with Crippen LogP contribution in [0, 0.1) is 5.92 Å². The highest BCUT2D eigenvalue weighted by Crippen LogP contribution is 2.38. The van der Waals surface area contributed by atoms with E-state index < -0.39 is 17.3 Å². The van der Waals surface area contributed by atoms with Crippen LogP contribution in [-0.2, 0) is 16.5 Å². The Balaban J connectivity index is 1.87. The number of benzene rings is 2. The lowest BCUT2D eigenvalue weighted by atomic mass is 9.81. The maximum atomic E-state index is 13.5. The molecule has 0 aliphatic heterocycles. The predicted octanol–water partition coefficient (Wildman–Crippen LogP) is 6.05. The van der Waals surface area contributed by atoms with Crippen LogP contribution < -0.4 is 10.6 Å². The standard InChI is InChI=1S/C30H41F3N2O3/c1-34-21-27(18-22-10-4-3-5-11-22)35-28(36)23-12-8-13-24(19-23)29(37,16-6-7-17-38-2)25-14-9-15-26(20-25)30(31,32)33/h8-9,12-15,19-20,22,27,34,37H,3-7,10-11,16-18,21H2,1-2H3,(H,35,36). The lowest BCUT2D eigenvalue weighted by molar-refractivity contribution is -0.137. The molecule has 1 saturated carbocycles. The number of nitrogens with one attached hydrogen (secondary N) is 2. The number of ether oxygens (including phenoxy) is 1. The van der Waals surface area contributed by atoms with Gasteiger partial charge in [-0.15, -0.1) is 0 Å². The fourth-order valence-electron chi connectivity index (χ4n) is 5.49. The number of carbonyl (C=O) groups is 1. The summed E-state index contributed by atoms with van der Waals surface area (Å²) in [5, 5.41) is 18.2. The lowest BCUT2D eigenvalue weighted by Gasteiger charge is -2.31. The SMILES string of the molecule is CNCC(CC1CCCCC1)NC(=O)c1cccc(C(O)(CCCCOC)c2cccc(C(F)(F)F)c2)c1. The average Bonchev–Trinajstić information content (AvgIpc) is 2.91. The molecule has 2 unspecified atom stereocenters. The van der Waals surface area contributed by atoms with Gasteiger partial charge in [-0.3, -0.25) is 4.79 Å². The quantitative estimate of drug-likeness (QED) is 0.274. The molecule has 3 rings (SSSR count). The van der Waals surface area contributed by atoms with Crippen LogP contribution >= 0.6 is 0 Å². The second-order valence-electron chi connectivity index (χ2n) is 10.4. The van der Waals surface area contributed by atoms with E-state index in [4.69, 9.17) is 4.74 Å². The van der Waals surface area contributed by atoms with Gasteiger partial charge < -0.3 is 20.5 Å². The van der Waals surface area contributed by atoms with Crippen LogP contribution in [0.4, 0.5) is 13.2 Å². The summed E-state index contributed by atoms with van der Waals surface area (Å²) in [5.74, 6) is 0.334. The normalized spacial score (nSPS) is 17.1. The summed E-state index contributed by atoms with van der Waals surface area (Å²) in [5.41, 5.74) is -1.61. The highest BCUT2D eigenvalue weighted by molar-refractivity contribution is 5.94. The largest absolute Gasteiger partial charge is 0.416 e. The Bertz CT molecular complexity index is 1020. The van der Waals surface area contributed by atoms with E-state index in [1.807, 2.05) is 7.05 Å². The molecule has 0 saturated heterocycles.